The fraction of sp³-hybridized carbons (Fsp3) is 0.286. The van der Waals surface area contributed by atoms with Gasteiger partial charge in [-0.3, -0.25) is 4.79 Å². The highest BCUT2D eigenvalue weighted by molar-refractivity contribution is 5.97. The first kappa shape index (κ1) is 14.0. The zero-order valence-electron chi connectivity index (χ0n) is 10.8. The Hall–Kier alpha value is -2.10. The Morgan fingerprint density at radius 2 is 1.89 bits per heavy atom. The molecule has 1 aromatic carbocycles. The molecular formula is C14H17NO3. The molecule has 0 bridgehead atoms. The first-order chi connectivity index (χ1) is 8.52. The second-order valence-electron chi connectivity index (χ2n) is 3.87. The number of rotatable bonds is 4. The van der Waals surface area contributed by atoms with E-state index in [0.29, 0.717) is 0 Å². The van der Waals surface area contributed by atoms with Gasteiger partial charge in [-0.1, -0.05) is 29.8 Å². The van der Waals surface area contributed by atoms with E-state index < -0.39 is 5.97 Å². The third-order valence-electron chi connectivity index (χ3n) is 2.19. The summed E-state index contributed by atoms with van der Waals surface area (Å²) < 4.78 is 4.88. The Bertz CT molecular complexity index is 460. The lowest BCUT2D eigenvalue weighted by Gasteiger charge is -2.07. The molecule has 0 saturated heterocycles. The first-order valence-corrected chi connectivity index (χ1v) is 5.76. The van der Waals surface area contributed by atoms with Crippen LogP contribution in [0.4, 0.5) is 0 Å². The summed E-state index contributed by atoms with van der Waals surface area (Å²) in [5.74, 6) is -0.838. The zero-order valence-corrected chi connectivity index (χ0v) is 10.8. The van der Waals surface area contributed by atoms with Crippen molar-refractivity contribution in [1.29, 1.82) is 0 Å². The molecule has 0 aliphatic carbocycles. The number of amides is 1. The highest BCUT2D eigenvalue weighted by Gasteiger charge is 2.11. The minimum absolute atomic E-state index is 0.146. The van der Waals surface area contributed by atoms with Crippen LogP contribution in [0.15, 0.2) is 30.0 Å². The van der Waals surface area contributed by atoms with Gasteiger partial charge in [0.1, 0.15) is 5.70 Å². The van der Waals surface area contributed by atoms with Crippen LogP contribution < -0.4 is 5.32 Å². The Balaban J connectivity index is 2.97. The number of esters is 1. The average molecular weight is 247 g/mol. The van der Waals surface area contributed by atoms with Crippen LogP contribution in [0.1, 0.15) is 25.0 Å². The number of nitrogens with one attached hydrogen (secondary N) is 1. The van der Waals surface area contributed by atoms with Crippen LogP contribution in [0, 0.1) is 6.92 Å². The minimum Gasteiger partial charge on any atom is -0.461 e. The molecule has 0 fully saturated rings. The van der Waals surface area contributed by atoms with E-state index in [2.05, 4.69) is 5.32 Å². The Morgan fingerprint density at radius 3 is 2.39 bits per heavy atom. The highest BCUT2D eigenvalue weighted by Crippen LogP contribution is 2.08. The third-order valence-corrected chi connectivity index (χ3v) is 2.19. The molecule has 1 amide bonds. The molecule has 0 saturated carbocycles. The Labute approximate surface area is 107 Å². The molecule has 0 heterocycles. The molecule has 0 spiro atoms. The number of carbonyl (C=O) groups is 2. The van der Waals surface area contributed by atoms with Crippen LogP contribution in [0.5, 0.6) is 0 Å². The summed E-state index contributed by atoms with van der Waals surface area (Å²) in [5.41, 5.74) is 2.11. The minimum atomic E-state index is -0.534. The van der Waals surface area contributed by atoms with Gasteiger partial charge in [0.05, 0.1) is 6.61 Å². The van der Waals surface area contributed by atoms with Crippen LogP contribution in [-0.2, 0) is 14.3 Å². The smallest absolute Gasteiger partial charge is 0.354 e. The predicted octanol–water partition coefficient (Wildman–Crippen LogP) is 2.04. The van der Waals surface area contributed by atoms with E-state index in [-0.39, 0.29) is 18.2 Å². The fourth-order valence-electron chi connectivity index (χ4n) is 1.37. The van der Waals surface area contributed by atoms with E-state index in [0.717, 1.165) is 11.1 Å². The molecule has 0 aliphatic heterocycles. The van der Waals surface area contributed by atoms with Gasteiger partial charge in [-0.05, 0) is 25.5 Å². The molecule has 96 valence electrons. The number of ether oxygens (including phenoxy) is 1. The molecule has 0 atom stereocenters. The van der Waals surface area contributed by atoms with Crippen molar-refractivity contribution in [2.24, 2.45) is 0 Å². The molecule has 0 radical (unpaired) electrons. The molecule has 4 nitrogen and oxygen atoms in total. The Morgan fingerprint density at radius 1 is 1.28 bits per heavy atom. The molecule has 1 rings (SSSR count). The summed E-state index contributed by atoms with van der Waals surface area (Å²) >= 11 is 0. The van der Waals surface area contributed by atoms with E-state index >= 15 is 0 Å². The van der Waals surface area contributed by atoms with Gasteiger partial charge in [-0.2, -0.15) is 0 Å². The number of carbonyl (C=O) groups excluding carboxylic acids is 2. The molecule has 0 unspecified atom stereocenters. The van der Waals surface area contributed by atoms with Crippen LogP contribution in [-0.4, -0.2) is 18.5 Å². The van der Waals surface area contributed by atoms with Crippen molar-refractivity contribution >= 4 is 18.0 Å². The van der Waals surface area contributed by atoms with Crippen LogP contribution in [0.25, 0.3) is 6.08 Å². The van der Waals surface area contributed by atoms with E-state index in [1.165, 1.54) is 6.92 Å². The summed E-state index contributed by atoms with van der Waals surface area (Å²) in [4.78, 5) is 22.7. The van der Waals surface area contributed by atoms with Gasteiger partial charge in [0.25, 0.3) is 0 Å². The van der Waals surface area contributed by atoms with E-state index in [1.54, 1.807) is 13.0 Å². The standard InChI is InChI=1S/C14H17NO3/c1-4-18-14(17)13(15-11(3)16)9-12-7-5-10(2)6-8-12/h5-9H,4H2,1-3H3,(H,15,16)/b13-9-. The maximum absolute atomic E-state index is 11.6. The predicted molar refractivity (Wildman–Crippen MR) is 69.6 cm³/mol. The zero-order chi connectivity index (χ0) is 13.5. The summed E-state index contributed by atoms with van der Waals surface area (Å²) in [5, 5.41) is 2.48. The quantitative estimate of drug-likeness (QED) is 0.654. The van der Waals surface area contributed by atoms with Crippen molar-refractivity contribution in [2.45, 2.75) is 20.8 Å². The fourth-order valence-corrected chi connectivity index (χ4v) is 1.37. The van der Waals surface area contributed by atoms with Crippen molar-refractivity contribution in [2.75, 3.05) is 6.61 Å². The maximum Gasteiger partial charge on any atom is 0.354 e. The highest BCUT2D eigenvalue weighted by atomic mass is 16.5. The normalized spacial score (nSPS) is 10.9. The van der Waals surface area contributed by atoms with Crippen LogP contribution in [0.3, 0.4) is 0 Å². The lowest BCUT2D eigenvalue weighted by Crippen LogP contribution is -2.26. The molecule has 4 heteroatoms. The van der Waals surface area contributed by atoms with Gasteiger partial charge in [-0.15, -0.1) is 0 Å². The lowest BCUT2D eigenvalue weighted by atomic mass is 10.1. The van der Waals surface area contributed by atoms with Crippen molar-refractivity contribution in [1.82, 2.24) is 5.32 Å². The molecule has 1 N–H and O–H groups in total. The van der Waals surface area contributed by atoms with E-state index in [4.69, 9.17) is 4.74 Å². The van der Waals surface area contributed by atoms with Gasteiger partial charge >= 0.3 is 5.97 Å². The second kappa shape index (κ2) is 6.59. The maximum atomic E-state index is 11.6. The summed E-state index contributed by atoms with van der Waals surface area (Å²) in [7, 11) is 0. The Kier molecular flexibility index (Phi) is 5.11. The molecule has 0 aromatic heterocycles. The van der Waals surface area contributed by atoms with Crippen molar-refractivity contribution in [3.05, 3.63) is 41.1 Å². The summed E-state index contributed by atoms with van der Waals surface area (Å²) in [6.07, 6.45) is 1.60. The molecule has 18 heavy (non-hydrogen) atoms. The van der Waals surface area contributed by atoms with Crippen molar-refractivity contribution < 1.29 is 14.3 Å². The lowest BCUT2D eigenvalue weighted by molar-refractivity contribution is -0.139. The molecule has 0 aliphatic rings. The van der Waals surface area contributed by atoms with Crippen molar-refractivity contribution in [3.63, 3.8) is 0 Å². The topological polar surface area (TPSA) is 55.4 Å². The van der Waals surface area contributed by atoms with Crippen LogP contribution >= 0.6 is 0 Å². The van der Waals surface area contributed by atoms with E-state index in [9.17, 15) is 9.59 Å². The van der Waals surface area contributed by atoms with Gasteiger partial charge in [-0.25, -0.2) is 4.79 Å². The van der Waals surface area contributed by atoms with E-state index in [1.807, 2.05) is 31.2 Å². The van der Waals surface area contributed by atoms with Crippen LogP contribution in [0.2, 0.25) is 0 Å². The van der Waals surface area contributed by atoms with Gasteiger partial charge in [0.2, 0.25) is 5.91 Å². The van der Waals surface area contributed by atoms with Gasteiger partial charge in [0, 0.05) is 6.92 Å². The number of hydrogen-bond acceptors (Lipinski definition) is 3. The largest absolute Gasteiger partial charge is 0.461 e. The average Bonchev–Trinajstić information content (AvgIpc) is 2.31. The first-order valence-electron chi connectivity index (χ1n) is 5.76. The number of benzene rings is 1. The SMILES string of the molecule is CCOC(=O)/C(=C/c1ccc(C)cc1)NC(C)=O. The van der Waals surface area contributed by atoms with Crippen molar-refractivity contribution in [3.8, 4) is 0 Å². The third kappa shape index (κ3) is 4.41. The monoisotopic (exact) mass is 247 g/mol. The number of hydrogen-bond donors (Lipinski definition) is 1. The summed E-state index contributed by atoms with van der Waals surface area (Å²) in [6.45, 7) is 5.31. The molecule has 1 aromatic rings. The molecular weight excluding hydrogens is 230 g/mol. The second-order valence-corrected chi connectivity index (χ2v) is 3.87. The van der Waals surface area contributed by atoms with Gasteiger partial charge in [0.15, 0.2) is 0 Å². The summed E-state index contributed by atoms with van der Waals surface area (Å²) in [6, 6.07) is 7.61. The number of aryl methyl sites for hydroxylation is 1. The van der Waals surface area contributed by atoms with Gasteiger partial charge < -0.3 is 10.1 Å².